The topological polar surface area (TPSA) is 79.0 Å². The predicted molar refractivity (Wildman–Crippen MR) is 98.6 cm³/mol. The zero-order chi connectivity index (χ0) is 18.4. The van der Waals surface area contributed by atoms with Crippen LogP contribution < -0.4 is 4.72 Å². The van der Waals surface area contributed by atoms with Crippen molar-refractivity contribution in [2.75, 3.05) is 52.5 Å². The molecule has 0 aromatic heterocycles. The van der Waals surface area contributed by atoms with Gasteiger partial charge >= 0.3 is 0 Å². The van der Waals surface area contributed by atoms with Gasteiger partial charge in [0.05, 0.1) is 18.1 Å². The SMILES string of the molecule is O=C(c1ccc(S(=O)(=O)NCCN2CCOCC2)cc1)N1CCCCC1. The molecule has 8 heteroatoms. The monoisotopic (exact) mass is 381 g/mol. The van der Waals surface area contributed by atoms with Crippen molar-refractivity contribution in [1.82, 2.24) is 14.5 Å². The molecule has 7 nitrogen and oxygen atoms in total. The van der Waals surface area contributed by atoms with Crippen LogP contribution in [0.3, 0.4) is 0 Å². The number of likely N-dealkylation sites (tertiary alicyclic amines) is 1. The minimum absolute atomic E-state index is 0.0195. The van der Waals surface area contributed by atoms with E-state index < -0.39 is 10.0 Å². The summed E-state index contributed by atoms with van der Waals surface area (Å²) in [6.45, 7) is 5.62. The Kier molecular flexibility index (Phi) is 6.63. The summed E-state index contributed by atoms with van der Waals surface area (Å²) < 4.78 is 32.7. The molecule has 2 heterocycles. The van der Waals surface area contributed by atoms with Gasteiger partial charge in [-0.2, -0.15) is 0 Å². The van der Waals surface area contributed by atoms with Crippen molar-refractivity contribution in [3.8, 4) is 0 Å². The largest absolute Gasteiger partial charge is 0.379 e. The van der Waals surface area contributed by atoms with E-state index in [1.807, 2.05) is 4.90 Å². The Morgan fingerprint density at radius 3 is 2.31 bits per heavy atom. The Morgan fingerprint density at radius 1 is 1.00 bits per heavy atom. The summed E-state index contributed by atoms with van der Waals surface area (Å²) in [4.78, 5) is 16.7. The van der Waals surface area contributed by atoms with E-state index in [1.165, 1.54) is 12.1 Å². The van der Waals surface area contributed by atoms with E-state index in [4.69, 9.17) is 4.74 Å². The van der Waals surface area contributed by atoms with Gasteiger partial charge in [-0.15, -0.1) is 0 Å². The molecule has 0 radical (unpaired) electrons. The lowest BCUT2D eigenvalue weighted by Crippen LogP contribution is -2.41. The quantitative estimate of drug-likeness (QED) is 0.793. The Hall–Kier alpha value is -1.48. The Labute approximate surface area is 155 Å². The van der Waals surface area contributed by atoms with Gasteiger partial charge in [0.2, 0.25) is 10.0 Å². The van der Waals surface area contributed by atoms with Crippen molar-refractivity contribution in [3.63, 3.8) is 0 Å². The summed E-state index contributed by atoms with van der Waals surface area (Å²) in [5, 5.41) is 0. The van der Waals surface area contributed by atoms with Crippen LogP contribution in [-0.2, 0) is 14.8 Å². The van der Waals surface area contributed by atoms with Crippen LogP contribution in [0.25, 0.3) is 0 Å². The number of morpholine rings is 1. The van der Waals surface area contributed by atoms with E-state index in [1.54, 1.807) is 12.1 Å². The lowest BCUT2D eigenvalue weighted by molar-refractivity contribution is 0.0390. The maximum absolute atomic E-state index is 12.5. The fraction of sp³-hybridized carbons (Fsp3) is 0.611. The summed E-state index contributed by atoms with van der Waals surface area (Å²) in [7, 11) is -3.56. The molecule has 2 aliphatic rings. The first-order chi connectivity index (χ1) is 12.6. The molecule has 1 amide bonds. The first kappa shape index (κ1) is 19.3. The van der Waals surface area contributed by atoms with Crippen LogP contribution in [0.2, 0.25) is 0 Å². The van der Waals surface area contributed by atoms with Gasteiger partial charge in [0.25, 0.3) is 5.91 Å². The normalized spacial score (nSPS) is 19.5. The molecule has 2 saturated heterocycles. The van der Waals surface area contributed by atoms with Crippen LogP contribution in [-0.4, -0.2) is 76.6 Å². The Balaban J connectivity index is 1.55. The average molecular weight is 381 g/mol. The van der Waals surface area contributed by atoms with E-state index >= 15 is 0 Å². The minimum Gasteiger partial charge on any atom is -0.379 e. The Morgan fingerprint density at radius 2 is 1.65 bits per heavy atom. The zero-order valence-electron chi connectivity index (χ0n) is 15.0. The molecule has 1 aromatic rings. The Bertz CT molecular complexity index is 694. The average Bonchev–Trinajstić information content (AvgIpc) is 2.69. The number of sulfonamides is 1. The van der Waals surface area contributed by atoms with Crippen LogP contribution in [0.4, 0.5) is 0 Å². The number of nitrogens with one attached hydrogen (secondary N) is 1. The first-order valence-corrected chi connectivity index (χ1v) is 10.7. The van der Waals surface area contributed by atoms with Crippen LogP contribution in [0, 0.1) is 0 Å². The number of carbonyl (C=O) groups excluding carboxylic acids is 1. The molecular formula is C18H27N3O4S. The lowest BCUT2D eigenvalue weighted by atomic mass is 10.1. The van der Waals surface area contributed by atoms with Crippen molar-refractivity contribution in [2.45, 2.75) is 24.2 Å². The highest BCUT2D eigenvalue weighted by atomic mass is 32.2. The highest BCUT2D eigenvalue weighted by Gasteiger charge is 2.20. The van der Waals surface area contributed by atoms with Gasteiger partial charge in [-0.3, -0.25) is 9.69 Å². The molecule has 0 unspecified atom stereocenters. The van der Waals surface area contributed by atoms with Gasteiger partial charge in [0, 0.05) is 44.8 Å². The van der Waals surface area contributed by atoms with E-state index in [0.29, 0.717) is 31.9 Å². The highest BCUT2D eigenvalue weighted by molar-refractivity contribution is 7.89. The highest BCUT2D eigenvalue weighted by Crippen LogP contribution is 2.15. The third-order valence-electron chi connectivity index (χ3n) is 4.88. The lowest BCUT2D eigenvalue weighted by Gasteiger charge is -2.27. The van der Waals surface area contributed by atoms with Crippen molar-refractivity contribution < 1.29 is 17.9 Å². The van der Waals surface area contributed by atoms with Crippen molar-refractivity contribution in [2.24, 2.45) is 0 Å². The third kappa shape index (κ3) is 5.03. The van der Waals surface area contributed by atoms with E-state index in [-0.39, 0.29) is 10.8 Å². The van der Waals surface area contributed by atoms with Crippen LogP contribution in [0.1, 0.15) is 29.6 Å². The number of hydrogen-bond donors (Lipinski definition) is 1. The first-order valence-electron chi connectivity index (χ1n) is 9.25. The number of carbonyl (C=O) groups is 1. The second-order valence-corrected chi connectivity index (χ2v) is 8.50. The number of ether oxygens (including phenoxy) is 1. The van der Waals surface area contributed by atoms with Crippen LogP contribution >= 0.6 is 0 Å². The second kappa shape index (κ2) is 8.94. The molecule has 1 aromatic carbocycles. The summed E-state index contributed by atoms with van der Waals surface area (Å²) in [5.74, 6) is -0.0195. The molecule has 0 atom stereocenters. The molecule has 3 rings (SSSR count). The maximum Gasteiger partial charge on any atom is 0.253 e. The molecule has 0 saturated carbocycles. The molecule has 2 aliphatic heterocycles. The smallest absolute Gasteiger partial charge is 0.253 e. The molecule has 0 spiro atoms. The van der Waals surface area contributed by atoms with Gasteiger partial charge in [-0.05, 0) is 43.5 Å². The standard InChI is InChI=1S/C18H27N3O4S/c22-18(21-9-2-1-3-10-21)16-4-6-17(7-5-16)26(23,24)19-8-11-20-12-14-25-15-13-20/h4-7,19H,1-3,8-15H2. The molecule has 2 fully saturated rings. The van der Waals surface area contributed by atoms with Gasteiger partial charge < -0.3 is 9.64 Å². The molecule has 0 bridgehead atoms. The summed E-state index contributed by atoms with van der Waals surface area (Å²) >= 11 is 0. The van der Waals surface area contributed by atoms with Crippen molar-refractivity contribution in [3.05, 3.63) is 29.8 Å². The molecular weight excluding hydrogens is 354 g/mol. The van der Waals surface area contributed by atoms with Gasteiger partial charge in [-0.1, -0.05) is 0 Å². The zero-order valence-corrected chi connectivity index (χ0v) is 15.8. The van der Waals surface area contributed by atoms with Crippen molar-refractivity contribution >= 4 is 15.9 Å². The molecule has 1 N–H and O–H groups in total. The summed E-state index contributed by atoms with van der Waals surface area (Å²) in [6, 6.07) is 6.23. The predicted octanol–water partition coefficient (Wildman–Crippen LogP) is 0.923. The van der Waals surface area contributed by atoms with E-state index in [9.17, 15) is 13.2 Å². The third-order valence-corrected chi connectivity index (χ3v) is 6.36. The molecule has 144 valence electrons. The summed E-state index contributed by atoms with van der Waals surface area (Å²) in [6.07, 6.45) is 3.23. The maximum atomic E-state index is 12.5. The number of piperidine rings is 1. The number of hydrogen-bond acceptors (Lipinski definition) is 5. The second-order valence-electron chi connectivity index (χ2n) is 6.73. The number of nitrogens with zero attached hydrogens (tertiary/aromatic N) is 2. The number of benzene rings is 1. The van der Waals surface area contributed by atoms with E-state index in [0.717, 1.165) is 45.4 Å². The van der Waals surface area contributed by atoms with Crippen LogP contribution in [0.15, 0.2) is 29.2 Å². The van der Waals surface area contributed by atoms with E-state index in [2.05, 4.69) is 9.62 Å². The molecule has 0 aliphatic carbocycles. The van der Waals surface area contributed by atoms with Crippen LogP contribution in [0.5, 0.6) is 0 Å². The molecule has 26 heavy (non-hydrogen) atoms. The fourth-order valence-electron chi connectivity index (χ4n) is 3.30. The van der Waals surface area contributed by atoms with Gasteiger partial charge in [-0.25, -0.2) is 13.1 Å². The van der Waals surface area contributed by atoms with Gasteiger partial charge in [0.1, 0.15) is 0 Å². The van der Waals surface area contributed by atoms with Gasteiger partial charge in [0.15, 0.2) is 0 Å². The van der Waals surface area contributed by atoms with Crippen molar-refractivity contribution in [1.29, 1.82) is 0 Å². The number of rotatable bonds is 6. The minimum atomic E-state index is -3.56. The summed E-state index contributed by atoms with van der Waals surface area (Å²) in [5.41, 5.74) is 0.541. The number of amides is 1. The fourth-order valence-corrected chi connectivity index (χ4v) is 4.32.